The standard InChI is InChI=1S/C11H10ClF2NO3/c1-5(11(17)18)15(2)10(16)6-3-9(14)7(12)4-8(6)13/h3-5H,1-2H3,(H,17,18). The molecule has 0 aliphatic heterocycles. The maximum absolute atomic E-state index is 13.5. The molecule has 0 spiro atoms. The Morgan fingerprint density at radius 3 is 2.39 bits per heavy atom. The number of benzene rings is 1. The van der Waals surface area contributed by atoms with Crippen molar-refractivity contribution in [2.45, 2.75) is 13.0 Å². The molecule has 0 radical (unpaired) electrons. The third-order valence-electron chi connectivity index (χ3n) is 2.50. The molecular formula is C11H10ClF2NO3. The van der Waals surface area contributed by atoms with E-state index in [2.05, 4.69) is 0 Å². The van der Waals surface area contributed by atoms with Crippen LogP contribution in [-0.2, 0) is 4.79 Å². The molecule has 1 atom stereocenters. The van der Waals surface area contributed by atoms with Crippen molar-refractivity contribution in [3.8, 4) is 0 Å². The summed E-state index contributed by atoms with van der Waals surface area (Å²) in [6, 6.07) is 0.157. The first-order valence-electron chi connectivity index (χ1n) is 4.90. The van der Waals surface area contributed by atoms with Gasteiger partial charge in [-0.25, -0.2) is 13.6 Å². The molecular weight excluding hydrogens is 268 g/mol. The van der Waals surface area contributed by atoms with Crippen LogP contribution in [0.15, 0.2) is 12.1 Å². The van der Waals surface area contributed by atoms with Crippen LogP contribution in [0.25, 0.3) is 0 Å². The minimum atomic E-state index is -1.25. The summed E-state index contributed by atoms with van der Waals surface area (Å²) in [5, 5.41) is 8.29. The fraction of sp³-hybridized carbons (Fsp3) is 0.273. The Bertz CT molecular complexity index is 507. The number of likely N-dealkylation sites (N-methyl/N-ethyl adjacent to an activating group) is 1. The maximum Gasteiger partial charge on any atom is 0.326 e. The lowest BCUT2D eigenvalue weighted by molar-refractivity contribution is -0.141. The average Bonchev–Trinajstić information content (AvgIpc) is 2.30. The highest BCUT2D eigenvalue weighted by Gasteiger charge is 2.25. The van der Waals surface area contributed by atoms with Crippen molar-refractivity contribution >= 4 is 23.5 Å². The summed E-state index contributed by atoms with van der Waals surface area (Å²) in [5.74, 6) is -4.13. The first kappa shape index (κ1) is 14.4. The van der Waals surface area contributed by atoms with Gasteiger partial charge in [0.05, 0.1) is 10.6 Å². The Hall–Kier alpha value is -1.69. The highest BCUT2D eigenvalue weighted by atomic mass is 35.5. The largest absolute Gasteiger partial charge is 0.480 e. The lowest BCUT2D eigenvalue weighted by Gasteiger charge is -2.21. The molecule has 1 aromatic rings. The summed E-state index contributed by atoms with van der Waals surface area (Å²) in [4.78, 5) is 23.3. The lowest BCUT2D eigenvalue weighted by Crippen LogP contribution is -2.40. The molecule has 1 rings (SSSR count). The second-order valence-corrected chi connectivity index (χ2v) is 4.08. The Kier molecular flexibility index (Phi) is 4.24. The van der Waals surface area contributed by atoms with E-state index < -0.39 is 40.1 Å². The molecule has 0 bridgehead atoms. The van der Waals surface area contributed by atoms with Gasteiger partial charge in [0.15, 0.2) is 0 Å². The Labute approximate surface area is 107 Å². The van der Waals surface area contributed by atoms with Crippen molar-refractivity contribution in [1.29, 1.82) is 0 Å². The minimum absolute atomic E-state index is 0.446. The van der Waals surface area contributed by atoms with Crippen molar-refractivity contribution in [3.05, 3.63) is 34.4 Å². The topological polar surface area (TPSA) is 57.6 Å². The SMILES string of the molecule is CC(C(=O)O)N(C)C(=O)c1cc(F)c(Cl)cc1F. The number of hydrogen-bond acceptors (Lipinski definition) is 2. The van der Waals surface area contributed by atoms with Crippen LogP contribution in [0.4, 0.5) is 8.78 Å². The number of carbonyl (C=O) groups is 2. The predicted molar refractivity (Wildman–Crippen MR) is 60.6 cm³/mol. The lowest BCUT2D eigenvalue weighted by atomic mass is 10.1. The van der Waals surface area contributed by atoms with Gasteiger partial charge in [0.1, 0.15) is 17.7 Å². The van der Waals surface area contributed by atoms with Gasteiger partial charge in [0, 0.05) is 7.05 Å². The fourth-order valence-electron chi connectivity index (χ4n) is 1.22. The third kappa shape index (κ3) is 2.76. The normalized spacial score (nSPS) is 12.1. The van der Waals surface area contributed by atoms with E-state index in [1.807, 2.05) is 0 Å². The van der Waals surface area contributed by atoms with Gasteiger partial charge in [-0.15, -0.1) is 0 Å². The molecule has 1 unspecified atom stereocenters. The highest BCUT2D eigenvalue weighted by molar-refractivity contribution is 6.30. The first-order valence-corrected chi connectivity index (χ1v) is 5.28. The summed E-state index contributed by atoms with van der Waals surface area (Å²) in [6.07, 6.45) is 0. The first-order chi connectivity index (χ1) is 8.25. The summed E-state index contributed by atoms with van der Waals surface area (Å²) < 4.78 is 26.6. The van der Waals surface area contributed by atoms with Gasteiger partial charge < -0.3 is 10.0 Å². The number of carbonyl (C=O) groups excluding carboxylic acids is 1. The number of amides is 1. The molecule has 18 heavy (non-hydrogen) atoms. The molecule has 0 fully saturated rings. The zero-order valence-corrected chi connectivity index (χ0v) is 10.3. The van der Waals surface area contributed by atoms with Gasteiger partial charge in [-0.05, 0) is 19.1 Å². The molecule has 98 valence electrons. The molecule has 0 aromatic heterocycles. The highest BCUT2D eigenvalue weighted by Crippen LogP contribution is 2.20. The number of aliphatic carboxylic acids is 1. The van der Waals surface area contributed by atoms with E-state index >= 15 is 0 Å². The van der Waals surface area contributed by atoms with Crippen LogP contribution in [-0.4, -0.2) is 35.0 Å². The Morgan fingerprint density at radius 1 is 1.33 bits per heavy atom. The van der Waals surface area contributed by atoms with Gasteiger partial charge in [0.25, 0.3) is 5.91 Å². The van der Waals surface area contributed by atoms with Crippen LogP contribution in [0.1, 0.15) is 17.3 Å². The van der Waals surface area contributed by atoms with Crippen LogP contribution in [0, 0.1) is 11.6 Å². The van der Waals surface area contributed by atoms with Gasteiger partial charge in [-0.1, -0.05) is 11.6 Å². The van der Waals surface area contributed by atoms with Crippen molar-refractivity contribution < 1.29 is 23.5 Å². The van der Waals surface area contributed by atoms with Crippen LogP contribution < -0.4 is 0 Å². The predicted octanol–water partition coefficient (Wildman–Crippen LogP) is 2.16. The molecule has 1 amide bonds. The van der Waals surface area contributed by atoms with E-state index in [1.165, 1.54) is 14.0 Å². The smallest absolute Gasteiger partial charge is 0.326 e. The van der Waals surface area contributed by atoms with Gasteiger partial charge in [-0.3, -0.25) is 4.79 Å². The number of rotatable bonds is 3. The van der Waals surface area contributed by atoms with Crippen molar-refractivity contribution in [1.82, 2.24) is 4.90 Å². The second-order valence-electron chi connectivity index (χ2n) is 3.68. The summed E-state index contributed by atoms with van der Waals surface area (Å²) in [7, 11) is 1.19. The van der Waals surface area contributed by atoms with Crippen molar-refractivity contribution in [3.63, 3.8) is 0 Å². The van der Waals surface area contributed by atoms with E-state index in [4.69, 9.17) is 16.7 Å². The van der Waals surface area contributed by atoms with Crippen molar-refractivity contribution in [2.75, 3.05) is 7.05 Å². The average molecular weight is 278 g/mol. The maximum atomic E-state index is 13.5. The van der Waals surface area contributed by atoms with Gasteiger partial charge >= 0.3 is 5.97 Å². The van der Waals surface area contributed by atoms with E-state index in [9.17, 15) is 18.4 Å². The zero-order chi connectivity index (χ0) is 14.0. The second kappa shape index (κ2) is 5.30. The van der Waals surface area contributed by atoms with E-state index in [1.54, 1.807) is 0 Å². The monoisotopic (exact) mass is 277 g/mol. The fourth-order valence-corrected chi connectivity index (χ4v) is 1.37. The van der Waals surface area contributed by atoms with Crippen LogP contribution in [0.5, 0.6) is 0 Å². The van der Waals surface area contributed by atoms with E-state index in [0.717, 1.165) is 4.90 Å². The van der Waals surface area contributed by atoms with Crippen LogP contribution in [0.2, 0.25) is 5.02 Å². The zero-order valence-electron chi connectivity index (χ0n) is 9.58. The molecule has 0 aliphatic carbocycles. The van der Waals surface area contributed by atoms with E-state index in [-0.39, 0.29) is 0 Å². The molecule has 0 saturated carbocycles. The number of carboxylic acids is 1. The Morgan fingerprint density at radius 2 is 1.89 bits per heavy atom. The van der Waals surface area contributed by atoms with Crippen LogP contribution in [0.3, 0.4) is 0 Å². The molecule has 0 heterocycles. The number of carboxylic acid groups (broad SMARTS) is 1. The van der Waals surface area contributed by atoms with Gasteiger partial charge in [0.2, 0.25) is 0 Å². The molecule has 4 nitrogen and oxygen atoms in total. The molecule has 1 aromatic carbocycles. The summed E-state index contributed by atoms with van der Waals surface area (Å²) >= 11 is 5.35. The third-order valence-corrected chi connectivity index (χ3v) is 2.79. The summed E-state index contributed by atoms with van der Waals surface area (Å²) in [6.45, 7) is 1.25. The van der Waals surface area contributed by atoms with Gasteiger partial charge in [-0.2, -0.15) is 0 Å². The number of hydrogen-bond donors (Lipinski definition) is 1. The number of halogens is 3. The van der Waals surface area contributed by atoms with E-state index in [0.29, 0.717) is 12.1 Å². The molecule has 1 N–H and O–H groups in total. The molecule has 7 heteroatoms. The summed E-state index contributed by atoms with van der Waals surface area (Å²) in [5.41, 5.74) is -0.562. The number of nitrogens with zero attached hydrogens (tertiary/aromatic N) is 1. The Balaban J connectivity index is 3.11. The van der Waals surface area contributed by atoms with Crippen molar-refractivity contribution in [2.24, 2.45) is 0 Å². The minimum Gasteiger partial charge on any atom is -0.480 e. The van der Waals surface area contributed by atoms with Crippen LogP contribution >= 0.6 is 11.6 Å². The molecule has 0 aliphatic rings. The molecule has 0 saturated heterocycles. The quantitative estimate of drug-likeness (QED) is 0.862.